The van der Waals surface area contributed by atoms with Crippen LogP contribution in [0.4, 0.5) is 9.80 Å². The minimum absolute atomic E-state index is 0.147. The molecule has 0 saturated heterocycles. The number of fused-ring (bicyclic) bond motifs is 1. The smallest absolute Gasteiger partial charge is 0.410 e. The Morgan fingerprint density at radius 2 is 2.06 bits per heavy atom. The van der Waals surface area contributed by atoms with Crippen LogP contribution in [-0.4, -0.2) is 33.4 Å². The van der Waals surface area contributed by atoms with Gasteiger partial charge in [0.1, 0.15) is 17.7 Å². The molecule has 4 rings (SSSR count). The zero-order chi connectivity index (χ0) is 22.3. The number of ether oxygens (including phenoxy) is 1. The lowest BCUT2D eigenvalue weighted by Gasteiger charge is -2.26. The Balaban J connectivity index is 1.41. The van der Waals surface area contributed by atoms with E-state index in [1.54, 1.807) is 47.9 Å². The molecule has 0 unspecified atom stereocenters. The maximum absolute atomic E-state index is 12.5. The molecule has 32 heavy (non-hydrogen) atoms. The third-order valence-corrected chi connectivity index (χ3v) is 5.99. The monoisotopic (exact) mass is 445 g/mol. The van der Waals surface area contributed by atoms with Crippen LogP contribution in [0.3, 0.4) is 0 Å². The quantitative estimate of drug-likeness (QED) is 0.599. The molecular formula is C23H19N5O3S. The van der Waals surface area contributed by atoms with Gasteiger partial charge in [-0.2, -0.15) is 5.26 Å². The maximum atomic E-state index is 12.5. The van der Waals surface area contributed by atoms with E-state index >= 15 is 0 Å². The van der Waals surface area contributed by atoms with E-state index in [1.165, 1.54) is 17.4 Å². The summed E-state index contributed by atoms with van der Waals surface area (Å²) in [7, 11) is 0. The second-order valence-electron chi connectivity index (χ2n) is 7.02. The molecule has 8 nitrogen and oxygen atoms in total. The highest BCUT2D eigenvalue weighted by Crippen LogP contribution is 2.36. The van der Waals surface area contributed by atoms with E-state index in [4.69, 9.17) is 4.74 Å². The molecule has 2 amide bonds. The number of thiophene rings is 1. The summed E-state index contributed by atoms with van der Waals surface area (Å²) in [6, 6.07) is 9.44. The lowest BCUT2D eigenvalue weighted by Crippen LogP contribution is -2.35. The predicted molar refractivity (Wildman–Crippen MR) is 119 cm³/mol. The van der Waals surface area contributed by atoms with Crippen LogP contribution in [0, 0.1) is 11.3 Å². The van der Waals surface area contributed by atoms with Gasteiger partial charge in [-0.25, -0.2) is 4.79 Å². The number of anilines is 1. The topological polar surface area (TPSA) is 108 Å². The van der Waals surface area contributed by atoms with Crippen LogP contribution in [0.2, 0.25) is 0 Å². The Bertz CT molecular complexity index is 1190. The van der Waals surface area contributed by atoms with Crippen molar-refractivity contribution in [3.63, 3.8) is 0 Å². The van der Waals surface area contributed by atoms with Crippen molar-refractivity contribution in [2.24, 2.45) is 0 Å². The van der Waals surface area contributed by atoms with Gasteiger partial charge in [0.05, 0.1) is 12.1 Å². The first-order valence-corrected chi connectivity index (χ1v) is 10.7. The summed E-state index contributed by atoms with van der Waals surface area (Å²) in [6.07, 6.45) is 9.78. The average Bonchev–Trinajstić information content (AvgIpc) is 3.18. The number of hydrogen-bond acceptors (Lipinski definition) is 7. The summed E-state index contributed by atoms with van der Waals surface area (Å²) < 4.78 is 5.39. The molecule has 160 valence electrons. The van der Waals surface area contributed by atoms with E-state index in [2.05, 4.69) is 21.4 Å². The summed E-state index contributed by atoms with van der Waals surface area (Å²) in [5.41, 5.74) is 2.94. The van der Waals surface area contributed by atoms with Gasteiger partial charge < -0.3 is 15.0 Å². The zero-order valence-corrected chi connectivity index (χ0v) is 17.8. The molecule has 0 aliphatic carbocycles. The van der Waals surface area contributed by atoms with Crippen LogP contribution in [0.1, 0.15) is 27.1 Å². The van der Waals surface area contributed by atoms with Crippen molar-refractivity contribution in [2.75, 3.05) is 11.9 Å². The van der Waals surface area contributed by atoms with Crippen molar-refractivity contribution >= 4 is 34.4 Å². The molecule has 0 atom stereocenters. The summed E-state index contributed by atoms with van der Waals surface area (Å²) in [5, 5.41) is 12.9. The summed E-state index contributed by atoms with van der Waals surface area (Å²) in [6.45, 7) is 0.926. The second kappa shape index (κ2) is 9.85. The highest BCUT2D eigenvalue weighted by molar-refractivity contribution is 7.16. The van der Waals surface area contributed by atoms with Gasteiger partial charge >= 0.3 is 6.09 Å². The Morgan fingerprint density at radius 3 is 2.78 bits per heavy atom. The first-order valence-electron chi connectivity index (χ1n) is 9.88. The average molecular weight is 446 g/mol. The van der Waals surface area contributed by atoms with Crippen LogP contribution in [0.15, 0.2) is 55.1 Å². The van der Waals surface area contributed by atoms with Crippen molar-refractivity contribution in [2.45, 2.75) is 19.6 Å². The van der Waals surface area contributed by atoms with Gasteiger partial charge in [0.25, 0.3) is 0 Å². The standard InChI is InChI=1S/C23H19N5O3S/c24-11-19-18-7-10-28(23(30)31-15-17-4-2-9-26-13-17)14-20(18)32-22(19)27-21(29)6-5-16-3-1-8-25-12-16/h1-6,8-9,12-13H,7,10,14-15H2,(H,27,29). The summed E-state index contributed by atoms with van der Waals surface area (Å²) in [4.78, 5) is 35.3. The van der Waals surface area contributed by atoms with Gasteiger partial charge in [-0.05, 0) is 35.8 Å². The first-order chi connectivity index (χ1) is 15.6. The molecule has 3 aromatic rings. The van der Waals surface area contributed by atoms with Gasteiger partial charge in [0.2, 0.25) is 5.91 Å². The zero-order valence-electron chi connectivity index (χ0n) is 17.0. The summed E-state index contributed by atoms with van der Waals surface area (Å²) in [5.74, 6) is -0.336. The lowest BCUT2D eigenvalue weighted by atomic mass is 10.0. The number of carbonyl (C=O) groups is 2. The van der Waals surface area contributed by atoms with Gasteiger partial charge in [-0.3, -0.25) is 14.8 Å². The van der Waals surface area contributed by atoms with E-state index in [0.29, 0.717) is 30.1 Å². The molecular weight excluding hydrogens is 426 g/mol. The molecule has 0 radical (unpaired) electrons. The van der Waals surface area contributed by atoms with E-state index in [0.717, 1.165) is 21.6 Å². The van der Waals surface area contributed by atoms with Crippen LogP contribution in [0.25, 0.3) is 6.08 Å². The Labute approximate surface area is 188 Å². The third-order valence-electron chi connectivity index (χ3n) is 4.86. The number of nitriles is 1. The van der Waals surface area contributed by atoms with Crippen molar-refractivity contribution in [3.8, 4) is 6.07 Å². The predicted octanol–water partition coefficient (Wildman–Crippen LogP) is 3.76. The van der Waals surface area contributed by atoms with Gasteiger partial charge in [0.15, 0.2) is 0 Å². The third kappa shape index (κ3) is 4.99. The van der Waals surface area contributed by atoms with E-state index < -0.39 is 6.09 Å². The minimum atomic E-state index is -0.420. The van der Waals surface area contributed by atoms with E-state index in [-0.39, 0.29) is 12.5 Å². The Kier molecular flexibility index (Phi) is 6.53. The van der Waals surface area contributed by atoms with Crippen molar-refractivity contribution in [3.05, 3.63) is 82.3 Å². The fraction of sp³-hybridized carbons (Fsp3) is 0.174. The largest absolute Gasteiger partial charge is 0.444 e. The SMILES string of the molecule is N#Cc1c(NC(=O)C=Cc2cccnc2)sc2c1CCN(C(=O)OCc1cccnc1)C2. The molecule has 0 fully saturated rings. The number of rotatable bonds is 5. The fourth-order valence-electron chi connectivity index (χ4n) is 3.29. The molecule has 3 aromatic heterocycles. The number of amides is 2. The van der Waals surface area contributed by atoms with Gasteiger partial charge in [-0.15, -0.1) is 11.3 Å². The number of nitrogens with one attached hydrogen (secondary N) is 1. The van der Waals surface area contributed by atoms with Crippen LogP contribution >= 0.6 is 11.3 Å². The number of hydrogen-bond donors (Lipinski definition) is 1. The van der Waals surface area contributed by atoms with Crippen molar-refractivity contribution < 1.29 is 14.3 Å². The number of pyridine rings is 2. The van der Waals surface area contributed by atoms with Crippen LogP contribution < -0.4 is 5.32 Å². The first kappa shape index (κ1) is 21.2. The Hall–Kier alpha value is -4.03. The van der Waals surface area contributed by atoms with Gasteiger partial charge in [0, 0.05) is 47.8 Å². The van der Waals surface area contributed by atoms with Crippen LogP contribution in [0.5, 0.6) is 0 Å². The lowest BCUT2D eigenvalue weighted by molar-refractivity contribution is -0.111. The molecule has 0 saturated carbocycles. The summed E-state index contributed by atoms with van der Waals surface area (Å²) >= 11 is 1.31. The fourth-order valence-corrected chi connectivity index (χ4v) is 4.50. The highest BCUT2D eigenvalue weighted by Gasteiger charge is 2.28. The molecule has 0 bridgehead atoms. The van der Waals surface area contributed by atoms with E-state index in [9.17, 15) is 14.9 Å². The van der Waals surface area contributed by atoms with E-state index in [1.807, 2.05) is 12.1 Å². The molecule has 1 aliphatic heterocycles. The number of carbonyl (C=O) groups excluding carboxylic acids is 2. The van der Waals surface area contributed by atoms with Crippen LogP contribution in [-0.2, 0) is 29.1 Å². The Morgan fingerprint density at radius 1 is 1.25 bits per heavy atom. The minimum Gasteiger partial charge on any atom is -0.444 e. The highest BCUT2D eigenvalue weighted by atomic mass is 32.1. The normalized spacial score (nSPS) is 12.8. The van der Waals surface area contributed by atoms with Crippen molar-refractivity contribution in [1.82, 2.24) is 14.9 Å². The maximum Gasteiger partial charge on any atom is 0.410 e. The van der Waals surface area contributed by atoms with Crippen molar-refractivity contribution in [1.29, 1.82) is 5.26 Å². The molecule has 4 heterocycles. The number of aromatic nitrogens is 2. The van der Waals surface area contributed by atoms with Gasteiger partial charge in [-0.1, -0.05) is 12.1 Å². The molecule has 9 heteroatoms. The molecule has 0 aromatic carbocycles. The molecule has 0 spiro atoms. The second-order valence-corrected chi connectivity index (χ2v) is 8.12. The molecule has 1 aliphatic rings. The number of nitrogens with zero attached hydrogens (tertiary/aromatic N) is 4. The molecule has 1 N–H and O–H groups in total.